The highest BCUT2D eigenvalue weighted by Gasteiger charge is 2.22. The van der Waals surface area contributed by atoms with Crippen molar-refractivity contribution >= 4 is 34.6 Å². The number of fused-ring (bicyclic) bond motifs is 1. The van der Waals surface area contributed by atoms with Crippen LogP contribution in [-0.4, -0.2) is 5.91 Å². The molecule has 0 bridgehead atoms. The molecule has 1 aliphatic heterocycles. The molecule has 1 aliphatic rings. The van der Waals surface area contributed by atoms with Crippen molar-refractivity contribution < 1.29 is 4.79 Å². The lowest BCUT2D eigenvalue weighted by atomic mass is 10.1. The van der Waals surface area contributed by atoms with Gasteiger partial charge in [0.1, 0.15) is 0 Å². The van der Waals surface area contributed by atoms with Crippen molar-refractivity contribution in [1.29, 1.82) is 0 Å². The molecule has 2 aromatic rings. The topological polar surface area (TPSA) is 29.1 Å². The molecule has 0 aliphatic carbocycles. The van der Waals surface area contributed by atoms with Crippen molar-refractivity contribution in [3.05, 3.63) is 52.2 Å². The van der Waals surface area contributed by atoms with Crippen molar-refractivity contribution in [2.24, 2.45) is 0 Å². The third-order valence-corrected chi connectivity index (χ3v) is 3.27. The number of para-hydroxylation sites is 1. The molecule has 0 spiro atoms. The van der Waals surface area contributed by atoms with E-state index in [1.807, 2.05) is 47.2 Å². The highest BCUT2D eigenvalue weighted by Crippen LogP contribution is 2.32. The number of carbonyl (C=O) groups excluding carboxylic acids is 1. The first kappa shape index (κ1) is 9.36. The fraction of sp³-hybridized carbons (Fsp3) is 0. The summed E-state index contributed by atoms with van der Waals surface area (Å²) in [6.45, 7) is 0. The van der Waals surface area contributed by atoms with Gasteiger partial charge in [-0.15, -0.1) is 0 Å². The van der Waals surface area contributed by atoms with Gasteiger partial charge < -0.3 is 5.32 Å². The minimum Gasteiger partial charge on any atom is -0.321 e. The van der Waals surface area contributed by atoms with Gasteiger partial charge in [-0.3, -0.25) is 4.79 Å². The average Bonchev–Trinajstić information content (AvgIpc) is 2.89. The Labute approximate surface area is 97.2 Å². The minimum atomic E-state index is -0.0209. The standard InChI is InChI=1S/C13H9NOS/c15-13-11(7-9-5-6-16-8-9)10-3-1-2-4-12(10)14-13/h1-8H,(H,14,15)/b11-7+. The molecular weight excluding hydrogens is 218 g/mol. The largest absolute Gasteiger partial charge is 0.321 e. The number of benzene rings is 1. The summed E-state index contributed by atoms with van der Waals surface area (Å²) in [5, 5.41) is 6.89. The van der Waals surface area contributed by atoms with E-state index in [1.54, 1.807) is 11.3 Å². The van der Waals surface area contributed by atoms with E-state index in [-0.39, 0.29) is 5.91 Å². The number of nitrogens with one attached hydrogen (secondary N) is 1. The van der Waals surface area contributed by atoms with Gasteiger partial charge in [0.15, 0.2) is 0 Å². The summed E-state index contributed by atoms with van der Waals surface area (Å²) in [6.07, 6.45) is 1.93. The molecule has 16 heavy (non-hydrogen) atoms. The van der Waals surface area contributed by atoms with E-state index in [2.05, 4.69) is 5.32 Å². The lowest BCUT2D eigenvalue weighted by Gasteiger charge is -1.95. The summed E-state index contributed by atoms with van der Waals surface area (Å²) < 4.78 is 0. The number of anilines is 1. The number of rotatable bonds is 1. The summed E-state index contributed by atoms with van der Waals surface area (Å²) in [5.74, 6) is -0.0209. The predicted octanol–water partition coefficient (Wildman–Crippen LogP) is 3.24. The maximum atomic E-state index is 11.8. The molecule has 2 heterocycles. The van der Waals surface area contributed by atoms with Crippen molar-refractivity contribution in [2.45, 2.75) is 0 Å². The van der Waals surface area contributed by atoms with Crippen molar-refractivity contribution in [1.82, 2.24) is 0 Å². The minimum absolute atomic E-state index is 0.0209. The molecule has 1 aromatic carbocycles. The molecule has 2 nitrogen and oxygen atoms in total. The second-order valence-electron chi connectivity index (χ2n) is 3.61. The molecule has 1 amide bonds. The van der Waals surface area contributed by atoms with Crippen molar-refractivity contribution in [2.75, 3.05) is 5.32 Å². The highest BCUT2D eigenvalue weighted by atomic mass is 32.1. The number of hydrogen-bond donors (Lipinski definition) is 1. The fourth-order valence-electron chi connectivity index (χ4n) is 1.81. The Hall–Kier alpha value is -1.87. The predicted molar refractivity (Wildman–Crippen MR) is 67.3 cm³/mol. The first-order valence-electron chi connectivity index (χ1n) is 4.99. The van der Waals surface area contributed by atoms with E-state index >= 15 is 0 Å². The zero-order valence-corrected chi connectivity index (χ0v) is 9.25. The van der Waals surface area contributed by atoms with Crippen LogP contribution < -0.4 is 5.32 Å². The lowest BCUT2D eigenvalue weighted by molar-refractivity contribution is -0.110. The smallest absolute Gasteiger partial charge is 0.256 e. The van der Waals surface area contributed by atoms with E-state index in [1.165, 1.54) is 0 Å². The summed E-state index contributed by atoms with van der Waals surface area (Å²) in [6, 6.07) is 9.76. The molecule has 0 saturated heterocycles. The fourth-order valence-corrected chi connectivity index (χ4v) is 2.42. The molecule has 0 fully saturated rings. The normalized spacial score (nSPS) is 16.2. The highest BCUT2D eigenvalue weighted by molar-refractivity contribution is 7.08. The van der Waals surface area contributed by atoms with Crippen LogP contribution >= 0.6 is 11.3 Å². The number of hydrogen-bond acceptors (Lipinski definition) is 2. The summed E-state index contributed by atoms with van der Waals surface area (Å²) in [5.41, 5.74) is 3.70. The SMILES string of the molecule is O=C1Nc2ccccc2/C1=C\c1ccsc1. The molecule has 1 N–H and O–H groups in total. The van der Waals surface area contributed by atoms with Gasteiger partial charge in [-0.05, 0) is 34.5 Å². The summed E-state index contributed by atoms with van der Waals surface area (Å²) in [7, 11) is 0. The third kappa shape index (κ3) is 1.46. The van der Waals surface area contributed by atoms with Gasteiger partial charge in [0.05, 0.1) is 0 Å². The molecule has 3 rings (SSSR count). The summed E-state index contributed by atoms with van der Waals surface area (Å²) in [4.78, 5) is 11.8. The quantitative estimate of drug-likeness (QED) is 0.744. The van der Waals surface area contributed by atoms with E-state index < -0.39 is 0 Å². The van der Waals surface area contributed by atoms with Gasteiger partial charge in [-0.25, -0.2) is 0 Å². The molecule has 1 aromatic heterocycles. The Bertz CT molecular complexity index is 569. The molecule has 3 heteroatoms. The van der Waals surface area contributed by atoms with Gasteiger partial charge in [0.2, 0.25) is 0 Å². The van der Waals surface area contributed by atoms with Crippen LogP contribution in [0, 0.1) is 0 Å². The van der Waals surface area contributed by atoms with E-state index in [9.17, 15) is 4.79 Å². The van der Waals surface area contributed by atoms with Crippen LogP contribution in [0.5, 0.6) is 0 Å². The Balaban J connectivity index is 2.12. The molecular formula is C13H9NOS. The number of amides is 1. The van der Waals surface area contributed by atoms with Gasteiger partial charge in [0.25, 0.3) is 5.91 Å². The van der Waals surface area contributed by atoms with E-state index in [4.69, 9.17) is 0 Å². The van der Waals surface area contributed by atoms with Crippen molar-refractivity contribution in [3.8, 4) is 0 Å². The summed E-state index contributed by atoms with van der Waals surface area (Å²) >= 11 is 1.63. The lowest BCUT2D eigenvalue weighted by Crippen LogP contribution is -2.03. The van der Waals surface area contributed by atoms with Crippen LogP contribution in [0.2, 0.25) is 0 Å². The molecule has 0 unspecified atom stereocenters. The van der Waals surface area contributed by atoms with Crippen LogP contribution in [0.3, 0.4) is 0 Å². The van der Waals surface area contributed by atoms with Crippen LogP contribution in [0.25, 0.3) is 11.6 Å². The van der Waals surface area contributed by atoms with Gasteiger partial charge in [0, 0.05) is 16.8 Å². The Morgan fingerprint density at radius 1 is 1.19 bits per heavy atom. The Morgan fingerprint density at radius 2 is 2.06 bits per heavy atom. The third-order valence-electron chi connectivity index (χ3n) is 2.56. The van der Waals surface area contributed by atoms with Crippen LogP contribution in [0.4, 0.5) is 5.69 Å². The first-order valence-corrected chi connectivity index (χ1v) is 5.93. The maximum Gasteiger partial charge on any atom is 0.256 e. The number of thiophene rings is 1. The second-order valence-corrected chi connectivity index (χ2v) is 4.39. The molecule has 78 valence electrons. The molecule has 0 saturated carbocycles. The first-order chi connectivity index (χ1) is 7.84. The monoisotopic (exact) mass is 227 g/mol. The van der Waals surface area contributed by atoms with Gasteiger partial charge in [-0.1, -0.05) is 18.2 Å². The van der Waals surface area contributed by atoms with E-state index in [0.717, 1.165) is 22.4 Å². The van der Waals surface area contributed by atoms with Crippen LogP contribution in [-0.2, 0) is 4.79 Å². The Kier molecular flexibility index (Phi) is 2.11. The maximum absolute atomic E-state index is 11.8. The van der Waals surface area contributed by atoms with Crippen LogP contribution in [0.15, 0.2) is 41.1 Å². The van der Waals surface area contributed by atoms with Gasteiger partial charge in [-0.2, -0.15) is 11.3 Å². The van der Waals surface area contributed by atoms with E-state index in [0.29, 0.717) is 0 Å². The van der Waals surface area contributed by atoms with Crippen molar-refractivity contribution in [3.63, 3.8) is 0 Å². The second kappa shape index (κ2) is 3.61. The molecule has 0 atom stereocenters. The van der Waals surface area contributed by atoms with Crippen LogP contribution in [0.1, 0.15) is 11.1 Å². The number of carbonyl (C=O) groups is 1. The Morgan fingerprint density at radius 3 is 2.88 bits per heavy atom. The van der Waals surface area contributed by atoms with Gasteiger partial charge >= 0.3 is 0 Å². The average molecular weight is 227 g/mol. The zero-order valence-electron chi connectivity index (χ0n) is 8.44. The zero-order chi connectivity index (χ0) is 11.0. The molecule has 0 radical (unpaired) electrons.